The van der Waals surface area contributed by atoms with Crippen LogP contribution in [0.2, 0.25) is 0 Å². The van der Waals surface area contributed by atoms with E-state index in [-0.39, 0.29) is 5.75 Å². The minimum atomic E-state index is 0.264. The molecule has 0 unspecified atom stereocenters. The SMILES string of the molecule is CCCCCCCCSc1ncnc(N(SCCCCCCCC)c2ccc(O)cc2)n1. The molecule has 0 aliphatic heterocycles. The molecule has 0 bridgehead atoms. The monoisotopic (exact) mass is 476 g/mol. The van der Waals surface area contributed by atoms with Crippen molar-refractivity contribution in [2.45, 2.75) is 96.1 Å². The summed E-state index contributed by atoms with van der Waals surface area (Å²) < 4.78 is 2.07. The van der Waals surface area contributed by atoms with Crippen LogP contribution in [0.15, 0.2) is 35.7 Å². The number of unbranched alkanes of at least 4 members (excludes halogenated alkanes) is 10. The van der Waals surface area contributed by atoms with Gasteiger partial charge in [-0.25, -0.2) is 9.97 Å². The van der Waals surface area contributed by atoms with Gasteiger partial charge in [0.2, 0.25) is 5.95 Å². The summed E-state index contributed by atoms with van der Waals surface area (Å²) in [6, 6.07) is 7.25. The first kappa shape index (κ1) is 26.8. The summed E-state index contributed by atoms with van der Waals surface area (Å²) in [6.07, 6.45) is 17.1. The van der Waals surface area contributed by atoms with Gasteiger partial charge < -0.3 is 5.11 Å². The predicted octanol–water partition coefficient (Wildman–Crippen LogP) is 8.18. The zero-order valence-electron chi connectivity index (χ0n) is 19.8. The summed E-state index contributed by atoms with van der Waals surface area (Å²) >= 11 is 3.45. The smallest absolute Gasteiger partial charge is 0.244 e. The van der Waals surface area contributed by atoms with Gasteiger partial charge in [-0.2, -0.15) is 4.98 Å². The number of anilines is 2. The lowest BCUT2D eigenvalue weighted by Crippen LogP contribution is -2.12. The Kier molecular flexibility index (Phi) is 14.3. The lowest BCUT2D eigenvalue weighted by atomic mass is 10.1. The Balaban J connectivity index is 1.91. The number of phenolic OH excluding ortho intramolecular Hbond substituents is 1. The fourth-order valence-electron chi connectivity index (χ4n) is 3.36. The molecule has 0 saturated carbocycles. The van der Waals surface area contributed by atoms with Crippen LogP contribution in [0.4, 0.5) is 11.6 Å². The zero-order chi connectivity index (χ0) is 22.9. The summed E-state index contributed by atoms with van der Waals surface area (Å²) in [7, 11) is 0. The van der Waals surface area contributed by atoms with Crippen LogP contribution in [0.1, 0.15) is 90.9 Å². The molecule has 0 spiro atoms. The Bertz CT molecular complexity index is 730. The number of aromatic hydroxyl groups is 1. The minimum Gasteiger partial charge on any atom is -0.508 e. The summed E-state index contributed by atoms with van der Waals surface area (Å²) in [5.41, 5.74) is 0.969. The largest absolute Gasteiger partial charge is 0.508 e. The lowest BCUT2D eigenvalue weighted by molar-refractivity contribution is 0.475. The van der Waals surface area contributed by atoms with E-state index < -0.39 is 0 Å². The molecule has 0 amide bonds. The van der Waals surface area contributed by atoms with E-state index in [1.807, 2.05) is 12.1 Å². The Morgan fingerprint density at radius 3 is 2.00 bits per heavy atom. The summed E-state index contributed by atoms with van der Waals surface area (Å²) in [5, 5.41) is 10.5. The number of aromatic nitrogens is 3. The molecule has 178 valence electrons. The van der Waals surface area contributed by atoms with Crippen LogP contribution in [0, 0.1) is 0 Å². The molecule has 0 aliphatic rings. The van der Waals surface area contributed by atoms with Crippen molar-refractivity contribution in [3.05, 3.63) is 30.6 Å². The van der Waals surface area contributed by atoms with E-state index in [2.05, 4.69) is 28.1 Å². The number of phenols is 1. The molecule has 1 aromatic carbocycles. The Hall–Kier alpha value is -1.47. The normalized spacial score (nSPS) is 11.1. The van der Waals surface area contributed by atoms with Gasteiger partial charge >= 0.3 is 0 Å². The molecule has 0 fully saturated rings. The highest BCUT2D eigenvalue weighted by Crippen LogP contribution is 2.32. The van der Waals surface area contributed by atoms with E-state index in [0.29, 0.717) is 5.95 Å². The standard InChI is InChI=1S/C25H40N4OS2/c1-3-5-7-9-11-13-19-31-25-27-21-26-24(28-25)29(22-15-17-23(30)18-16-22)32-20-14-12-10-8-6-4-2/h15-18,21,30H,3-14,19-20H2,1-2H3. The molecule has 1 N–H and O–H groups in total. The molecular formula is C25H40N4OS2. The quantitative estimate of drug-likeness (QED) is 0.132. The van der Waals surface area contributed by atoms with Crippen LogP contribution in [-0.2, 0) is 0 Å². The molecule has 1 heterocycles. The third-order valence-electron chi connectivity index (χ3n) is 5.25. The highest BCUT2D eigenvalue weighted by molar-refractivity contribution is 8.01. The van der Waals surface area contributed by atoms with Gasteiger partial charge in [0.15, 0.2) is 5.16 Å². The number of hydrogen-bond acceptors (Lipinski definition) is 7. The number of hydrogen-bond donors (Lipinski definition) is 1. The average Bonchev–Trinajstić information content (AvgIpc) is 2.81. The molecule has 1 aromatic heterocycles. The van der Waals surface area contributed by atoms with Crippen molar-refractivity contribution in [1.29, 1.82) is 0 Å². The molecule has 2 rings (SSSR count). The fraction of sp³-hybridized carbons (Fsp3) is 0.640. The van der Waals surface area contributed by atoms with Gasteiger partial charge in [-0.15, -0.1) is 0 Å². The second-order valence-corrected chi connectivity index (χ2v) is 10.2. The van der Waals surface area contributed by atoms with Gasteiger partial charge in [0.25, 0.3) is 0 Å². The van der Waals surface area contributed by atoms with Crippen LogP contribution < -0.4 is 4.31 Å². The minimum absolute atomic E-state index is 0.264. The third-order valence-corrected chi connectivity index (χ3v) is 7.30. The molecule has 5 nitrogen and oxygen atoms in total. The number of thioether (sulfide) groups is 1. The van der Waals surface area contributed by atoms with Crippen molar-refractivity contribution < 1.29 is 5.11 Å². The van der Waals surface area contributed by atoms with Crippen LogP contribution in [0.5, 0.6) is 5.75 Å². The molecule has 7 heteroatoms. The highest BCUT2D eigenvalue weighted by Gasteiger charge is 2.15. The predicted molar refractivity (Wildman–Crippen MR) is 140 cm³/mol. The molecule has 0 saturated heterocycles. The van der Waals surface area contributed by atoms with Crippen LogP contribution in [0.3, 0.4) is 0 Å². The second kappa shape index (κ2) is 17.1. The Morgan fingerprint density at radius 1 is 0.750 bits per heavy atom. The fourth-order valence-corrected chi connectivity index (χ4v) is 5.15. The summed E-state index contributed by atoms with van der Waals surface area (Å²) in [6.45, 7) is 4.50. The van der Waals surface area contributed by atoms with Crippen molar-refractivity contribution >= 4 is 35.3 Å². The Labute approximate surface area is 203 Å². The van der Waals surface area contributed by atoms with Gasteiger partial charge in [0, 0.05) is 11.5 Å². The van der Waals surface area contributed by atoms with Crippen LogP contribution in [0.25, 0.3) is 0 Å². The van der Waals surface area contributed by atoms with Crippen molar-refractivity contribution in [2.75, 3.05) is 15.8 Å². The van der Waals surface area contributed by atoms with Gasteiger partial charge in [-0.05, 0) is 49.1 Å². The van der Waals surface area contributed by atoms with Crippen molar-refractivity contribution in [3.8, 4) is 5.75 Å². The lowest BCUT2D eigenvalue weighted by Gasteiger charge is -2.21. The number of nitrogens with zero attached hydrogens (tertiary/aromatic N) is 4. The third kappa shape index (κ3) is 10.9. The van der Waals surface area contributed by atoms with Gasteiger partial charge in [-0.3, -0.25) is 4.31 Å². The molecule has 32 heavy (non-hydrogen) atoms. The van der Waals surface area contributed by atoms with Crippen LogP contribution in [-0.4, -0.2) is 31.6 Å². The van der Waals surface area contributed by atoms with E-state index in [9.17, 15) is 5.11 Å². The van der Waals surface area contributed by atoms with E-state index in [4.69, 9.17) is 4.98 Å². The number of benzene rings is 1. The Morgan fingerprint density at radius 2 is 1.34 bits per heavy atom. The second-order valence-electron chi connectivity index (χ2n) is 8.10. The van der Waals surface area contributed by atoms with Crippen molar-refractivity contribution in [2.24, 2.45) is 0 Å². The van der Waals surface area contributed by atoms with Gasteiger partial charge in [0.1, 0.15) is 12.1 Å². The van der Waals surface area contributed by atoms with Crippen molar-refractivity contribution in [1.82, 2.24) is 15.0 Å². The maximum Gasteiger partial charge on any atom is 0.244 e. The topological polar surface area (TPSA) is 62.1 Å². The van der Waals surface area contributed by atoms with Crippen molar-refractivity contribution in [3.63, 3.8) is 0 Å². The maximum absolute atomic E-state index is 9.69. The number of rotatable bonds is 18. The van der Waals surface area contributed by atoms with E-state index >= 15 is 0 Å². The maximum atomic E-state index is 9.69. The highest BCUT2D eigenvalue weighted by atomic mass is 32.2. The van der Waals surface area contributed by atoms with Crippen LogP contribution >= 0.6 is 23.7 Å². The summed E-state index contributed by atoms with van der Waals surface area (Å²) in [5.74, 6) is 2.98. The molecular weight excluding hydrogens is 436 g/mol. The van der Waals surface area contributed by atoms with E-state index in [1.165, 1.54) is 77.0 Å². The first-order valence-corrected chi connectivity index (χ1v) is 14.2. The zero-order valence-corrected chi connectivity index (χ0v) is 21.5. The molecule has 0 atom stereocenters. The van der Waals surface area contributed by atoms with E-state index in [0.717, 1.165) is 22.3 Å². The first-order valence-electron chi connectivity index (χ1n) is 12.3. The molecule has 2 aromatic rings. The average molecular weight is 477 g/mol. The van der Waals surface area contributed by atoms with Gasteiger partial charge in [0.05, 0.1) is 5.69 Å². The first-order chi connectivity index (χ1) is 15.7. The summed E-state index contributed by atoms with van der Waals surface area (Å²) in [4.78, 5) is 13.6. The molecule has 0 radical (unpaired) electrons. The van der Waals surface area contributed by atoms with E-state index in [1.54, 1.807) is 42.2 Å². The van der Waals surface area contributed by atoms with Gasteiger partial charge in [-0.1, -0.05) is 89.8 Å². The molecule has 0 aliphatic carbocycles.